The van der Waals surface area contributed by atoms with E-state index in [1.165, 1.54) is 0 Å². The Balaban J connectivity index is 1.20. The predicted molar refractivity (Wildman–Crippen MR) is 197 cm³/mol. The average molecular weight is 709 g/mol. The highest BCUT2D eigenvalue weighted by molar-refractivity contribution is 6.71. The van der Waals surface area contributed by atoms with Gasteiger partial charge in [0.15, 0.2) is 13.9 Å². The van der Waals surface area contributed by atoms with Gasteiger partial charge in [-0.25, -0.2) is 0 Å². The molecule has 7 rings (SSSR count). The van der Waals surface area contributed by atoms with Crippen molar-refractivity contribution in [3.05, 3.63) is 107 Å². The number of hydrogen-bond donors (Lipinski definition) is 4. The molecule has 2 unspecified atom stereocenters. The van der Waals surface area contributed by atoms with Crippen LogP contribution in [0.25, 0.3) is 0 Å². The number of aryl methyl sites for hydroxylation is 1. The van der Waals surface area contributed by atoms with E-state index in [-0.39, 0.29) is 41.7 Å². The molecule has 2 fully saturated rings. The summed E-state index contributed by atoms with van der Waals surface area (Å²) in [6, 6.07) is 25.3. The molecule has 2 saturated heterocycles. The van der Waals surface area contributed by atoms with Crippen molar-refractivity contribution in [2.24, 2.45) is 11.8 Å². The molecule has 4 aromatic rings. The van der Waals surface area contributed by atoms with Gasteiger partial charge in [-0.1, -0.05) is 72.8 Å². The van der Waals surface area contributed by atoms with E-state index in [1.807, 2.05) is 105 Å². The third-order valence-corrected chi connectivity index (χ3v) is 13.5. The number of carbonyl (C=O) groups is 2. The van der Waals surface area contributed by atoms with Crippen LogP contribution in [0, 0.1) is 11.8 Å². The van der Waals surface area contributed by atoms with Crippen LogP contribution in [0.3, 0.4) is 0 Å². The van der Waals surface area contributed by atoms with Gasteiger partial charge in [0, 0.05) is 42.0 Å². The lowest BCUT2D eigenvalue weighted by molar-refractivity contribution is -0.146. The molecule has 1 aromatic heterocycles. The van der Waals surface area contributed by atoms with E-state index >= 15 is 0 Å². The average Bonchev–Trinajstić information content (AvgIpc) is 3.79. The Bertz CT molecular complexity index is 1840. The van der Waals surface area contributed by atoms with E-state index in [0.717, 1.165) is 41.8 Å². The van der Waals surface area contributed by atoms with Crippen LogP contribution in [-0.2, 0) is 33.0 Å². The van der Waals surface area contributed by atoms with Crippen molar-refractivity contribution in [1.29, 1.82) is 0 Å². The van der Waals surface area contributed by atoms with Crippen LogP contribution in [0.2, 0.25) is 18.6 Å². The number of amides is 2. The summed E-state index contributed by atoms with van der Waals surface area (Å²) in [7, 11) is -2.90. The van der Waals surface area contributed by atoms with Crippen LogP contribution in [0.5, 0.6) is 0 Å². The van der Waals surface area contributed by atoms with Crippen molar-refractivity contribution in [2.45, 2.75) is 75.5 Å². The molecular weight excluding hydrogens is 661 g/mol. The second-order valence-electron chi connectivity index (χ2n) is 14.8. The molecule has 4 N–H and O–H groups in total. The van der Waals surface area contributed by atoms with Crippen LogP contribution in [0.4, 0.5) is 11.4 Å². The number of ether oxygens (including phenoxy) is 1. The molecule has 4 heterocycles. The summed E-state index contributed by atoms with van der Waals surface area (Å²) < 4.78 is 8.82. The molecule has 3 aliphatic rings. The van der Waals surface area contributed by atoms with Gasteiger partial charge in [0.2, 0.25) is 5.91 Å². The fraction of sp³-hybridized carbons (Fsp3) is 0.436. The van der Waals surface area contributed by atoms with Crippen LogP contribution < -0.4 is 15.5 Å². The quantitative estimate of drug-likeness (QED) is 0.163. The molecule has 12 heteroatoms. The van der Waals surface area contributed by atoms with Gasteiger partial charge in [0.1, 0.15) is 0 Å². The number of nitrogens with zero attached hydrogens (tertiary/aromatic N) is 4. The van der Waals surface area contributed by atoms with Gasteiger partial charge in [0.25, 0.3) is 5.91 Å². The van der Waals surface area contributed by atoms with Crippen LogP contribution in [-0.4, -0.2) is 70.8 Å². The first-order chi connectivity index (χ1) is 24.6. The summed E-state index contributed by atoms with van der Waals surface area (Å²) >= 11 is 0. The number of aliphatic hydroxyl groups excluding tert-OH is 1. The second-order valence-corrected chi connectivity index (χ2v) is 18.8. The molecule has 2 amide bonds. The molecule has 11 nitrogen and oxygen atoms in total. The number of nitrogens with one attached hydrogen (secondary N) is 2. The zero-order chi connectivity index (χ0) is 35.8. The van der Waals surface area contributed by atoms with Gasteiger partial charge < -0.3 is 30.2 Å². The largest absolute Gasteiger partial charge is 0.432 e. The fourth-order valence-electron chi connectivity index (χ4n) is 8.56. The number of benzene rings is 3. The van der Waals surface area contributed by atoms with E-state index in [2.05, 4.69) is 20.9 Å². The topological polar surface area (TPSA) is 142 Å². The Morgan fingerprint density at radius 2 is 1.86 bits per heavy atom. The first-order valence-electron chi connectivity index (χ1n) is 18.1. The van der Waals surface area contributed by atoms with E-state index in [9.17, 15) is 19.5 Å². The molecule has 3 aromatic carbocycles. The summed E-state index contributed by atoms with van der Waals surface area (Å²) in [6.45, 7) is 8.15. The maximum atomic E-state index is 14.9. The number of anilines is 2. The summed E-state index contributed by atoms with van der Waals surface area (Å²) in [5.41, 5.74) is 3.10. The molecular formula is C39H48N6O5Si. The number of piperidine rings is 1. The first-order valence-corrected chi connectivity index (χ1v) is 21.1. The van der Waals surface area contributed by atoms with E-state index < -0.39 is 20.0 Å². The number of rotatable bonds is 11. The van der Waals surface area contributed by atoms with Crippen molar-refractivity contribution in [1.82, 2.24) is 20.3 Å². The molecule has 0 aliphatic carbocycles. The highest BCUT2D eigenvalue weighted by atomic mass is 28.4. The third-order valence-electron chi connectivity index (χ3n) is 11.0. The lowest BCUT2D eigenvalue weighted by atomic mass is 9.82. The highest BCUT2D eigenvalue weighted by Crippen LogP contribution is 2.60. The smallest absolute Gasteiger partial charge is 0.264 e. The van der Waals surface area contributed by atoms with Crippen LogP contribution >= 0.6 is 0 Å². The molecule has 0 saturated carbocycles. The second kappa shape index (κ2) is 14.4. The van der Waals surface area contributed by atoms with E-state index in [0.29, 0.717) is 37.4 Å². The molecule has 51 heavy (non-hydrogen) atoms. The zero-order valence-electron chi connectivity index (χ0n) is 29.5. The van der Waals surface area contributed by atoms with Crippen molar-refractivity contribution < 1.29 is 24.2 Å². The van der Waals surface area contributed by atoms with Gasteiger partial charge in [-0.2, -0.15) is 0 Å². The Labute approximate surface area is 300 Å². The van der Waals surface area contributed by atoms with Gasteiger partial charge in [-0.3, -0.25) is 14.3 Å². The highest BCUT2D eigenvalue weighted by Gasteiger charge is 2.66. The van der Waals surface area contributed by atoms with Crippen molar-refractivity contribution >= 4 is 31.5 Å². The molecule has 268 valence electrons. The summed E-state index contributed by atoms with van der Waals surface area (Å²) in [4.78, 5) is 41.8. The Kier molecular flexibility index (Phi) is 9.96. The summed E-state index contributed by atoms with van der Waals surface area (Å²) in [5.74, 6) is -0.958. The number of fused-ring (bicyclic) bond motifs is 2. The minimum Gasteiger partial charge on any atom is -0.432 e. The monoisotopic (exact) mass is 708 g/mol. The number of hydrogen-bond acceptors (Lipinski definition) is 8. The maximum Gasteiger partial charge on any atom is 0.264 e. The van der Waals surface area contributed by atoms with Crippen LogP contribution in [0.15, 0.2) is 85.1 Å². The Morgan fingerprint density at radius 1 is 1.12 bits per heavy atom. The minimum absolute atomic E-state index is 0.0374. The van der Waals surface area contributed by atoms with Crippen molar-refractivity contribution in [3.63, 3.8) is 0 Å². The van der Waals surface area contributed by atoms with E-state index in [4.69, 9.17) is 4.74 Å². The Morgan fingerprint density at radius 3 is 2.55 bits per heavy atom. The third kappa shape index (κ3) is 6.78. The van der Waals surface area contributed by atoms with Crippen molar-refractivity contribution in [2.75, 3.05) is 29.9 Å². The molecule has 6 atom stereocenters. The molecule has 3 aliphatic heterocycles. The van der Waals surface area contributed by atoms with Gasteiger partial charge in [-0.15, -0.1) is 5.10 Å². The first kappa shape index (κ1) is 35.2. The van der Waals surface area contributed by atoms with Crippen molar-refractivity contribution in [3.8, 4) is 0 Å². The Hall–Kier alpha value is -4.20. The summed E-state index contributed by atoms with van der Waals surface area (Å²) in [6.07, 6.45) is 3.69. The number of aliphatic hydroxyl groups is 1. The molecule has 0 bridgehead atoms. The summed E-state index contributed by atoms with van der Waals surface area (Å²) in [5, 5.41) is 25.4. The number of carbonyl (C=O) groups excluding carboxylic acids is 2. The number of aromatic nitrogens is 3. The fourth-order valence-corrected chi connectivity index (χ4v) is 11.2. The standard InChI is InChI=1S/C39H48N6O5Si/c1-26-36(51(2,3)49)35(18-20-44-24-33(42-43-44)31(25-46)28-13-8-5-9-14-28)50-39(26)32-21-30(41-37(47)29-15-10-19-40-22-29)16-17-34(32)45(38(39)48)23-27-11-6-4-7-12-27/h4-9,11-14,16-17,21,24,26,29,31,35-36,40,46,49H,10,15,18-20,22-23,25H2,1-3H3,(H,41,47)/t26-,29?,31?,35+,36-,39+/m0/s1. The predicted octanol–water partition coefficient (Wildman–Crippen LogP) is 4.78. The maximum absolute atomic E-state index is 14.9. The lowest BCUT2D eigenvalue weighted by Gasteiger charge is -2.32. The van der Waals surface area contributed by atoms with E-state index in [1.54, 1.807) is 9.58 Å². The SMILES string of the molecule is C[C@H]1[C@H]([Si](C)(C)O)[C@@H](CCn2cc(C(CO)c3ccccc3)nn2)O[C@]12C(=O)N(Cc1ccccc1)c1ccc(NC(=O)C3CCCNC3)cc12. The van der Waals surface area contributed by atoms with Gasteiger partial charge in [0.05, 0.1) is 42.5 Å². The molecule has 0 radical (unpaired) electrons. The normalized spacial score (nSPS) is 25.3. The minimum atomic E-state index is -2.90. The molecule has 1 spiro atoms. The van der Waals surface area contributed by atoms with Crippen LogP contribution in [0.1, 0.15) is 54.5 Å². The van der Waals surface area contributed by atoms with Gasteiger partial charge >= 0.3 is 0 Å². The van der Waals surface area contributed by atoms with Gasteiger partial charge in [-0.05, 0) is 68.2 Å². The lowest BCUT2D eigenvalue weighted by Crippen LogP contribution is -2.46. The zero-order valence-corrected chi connectivity index (χ0v) is 30.5.